The number of rotatable bonds is 1. The summed E-state index contributed by atoms with van der Waals surface area (Å²) in [6, 6.07) is 0. The number of piperidine rings is 1. The standard InChI is InChI=1S/C8H15NO/c1-10-8-6-2-3-7(8)5-9-4-6/h6-9H,2-5H2,1H3/t6-,7+,8?. The largest absolute Gasteiger partial charge is 0.381 e. The van der Waals surface area contributed by atoms with Crippen LogP contribution in [-0.4, -0.2) is 26.3 Å². The molecule has 2 bridgehead atoms. The molecule has 1 heterocycles. The van der Waals surface area contributed by atoms with Gasteiger partial charge in [-0.25, -0.2) is 0 Å². The quantitative estimate of drug-likeness (QED) is 0.578. The van der Waals surface area contributed by atoms with E-state index in [9.17, 15) is 0 Å². The molecule has 2 aliphatic rings. The molecule has 0 aromatic heterocycles. The van der Waals surface area contributed by atoms with Gasteiger partial charge in [-0.2, -0.15) is 0 Å². The van der Waals surface area contributed by atoms with E-state index in [1.54, 1.807) is 0 Å². The fourth-order valence-electron chi connectivity index (χ4n) is 2.42. The van der Waals surface area contributed by atoms with Crippen LogP contribution >= 0.6 is 0 Å². The highest BCUT2D eigenvalue weighted by Crippen LogP contribution is 2.35. The lowest BCUT2D eigenvalue weighted by Gasteiger charge is -2.29. The molecule has 2 heteroatoms. The summed E-state index contributed by atoms with van der Waals surface area (Å²) in [5, 5.41) is 3.43. The van der Waals surface area contributed by atoms with Gasteiger partial charge in [-0.05, 0) is 24.7 Å². The van der Waals surface area contributed by atoms with Crippen LogP contribution in [0.2, 0.25) is 0 Å². The van der Waals surface area contributed by atoms with E-state index in [1.165, 1.54) is 25.9 Å². The van der Waals surface area contributed by atoms with Crippen molar-refractivity contribution in [2.75, 3.05) is 20.2 Å². The van der Waals surface area contributed by atoms with E-state index in [0.29, 0.717) is 6.10 Å². The van der Waals surface area contributed by atoms with E-state index in [2.05, 4.69) is 5.32 Å². The number of hydrogen-bond acceptors (Lipinski definition) is 2. The smallest absolute Gasteiger partial charge is 0.0651 e. The number of ether oxygens (including phenoxy) is 1. The van der Waals surface area contributed by atoms with Gasteiger partial charge in [0.1, 0.15) is 0 Å². The first-order chi connectivity index (χ1) is 4.92. The predicted molar refractivity (Wildman–Crippen MR) is 39.9 cm³/mol. The van der Waals surface area contributed by atoms with E-state index >= 15 is 0 Å². The Morgan fingerprint density at radius 1 is 1.20 bits per heavy atom. The Bertz CT molecular complexity index is 110. The molecule has 0 aromatic carbocycles. The van der Waals surface area contributed by atoms with Gasteiger partial charge in [-0.1, -0.05) is 0 Å². The molecule has 58 valence electrons. The molecule has 0 amide bonds. The SMILES string of the molecule is COC1[C@@H]2CC[C@H]1CNC2. The van der Waals surface area contributed by atoms with Crippen LogP contribution in [0, 0.1) is 11.8 Å². The van der Waals surface area contributed by atoms with Gasteiger partial charge in [-0.15, -0.1) is 0 Å². The summed E-state index contributed by atoms with van der Waals surface area (Å²) >= 11 is 0. The zero-order chi connectivity index (χ0) is 6.97. The first kappa shape index (κ1) is 6.62. The first-order valence-corrected chi connectivity index (χ1v) is 4.15. The summed E-state index contributed by atoms with van der Waals surface area (Å²) in [7, 11) is 1.85. The van der Waals surface area contributed by atoms with Crippen molar-refractivity contribution in [3.8, 4) is 0 Å². The molecular weight excluding hydrogens is 126 g/mol. The zero-order valence-corrected chi connectivity index (χ0v) is 6.47. The number of nitrogens with one attached hydrogen (secondary N) is 1. The fourth-order valence-corrected chi connectivity index (χ4v) is 2.42. The van der Waals surface area contributed by atoms with Crippen LogP contribution in [-0.2, 0) is 4.74 Å². The molecule has 2 fully saturated rings. The monoisotopic (exact) mass is 141 g/mol. The lowest BCUT2D eigenvalue weighted by Crippen LogP contribution is -2.42. The third-order valence-corrected chi connectivity index (χ3v) is 2.92. The fraction of sp³-hybridized carbons (Fsp3) is 1.00. The van der Waals surface area contributed by atoms with Crippen LogP contribution in [0.25, 0.3) is 0 Å². The molecule has 1 saturated heterocycles. The molecule has 2 rings (SSSR count). The molecule has 0 spiro atoms. The van der Waals surface area contributed by atoms with Crippen molar-refractivity contribution >= 4 is 0 Å². The summed E-state index contributed by atoms with van der Waals surface area (Å²) < 4.78 is 5.44. The van der Waals surface area contributed by atoms with Gasteiger partial charge >= 0.3 is 0 Å². The van der Waals surface area contributed by atoms with Crippen LogP contribution in [0.5, 0.6) is 0 Å². The molecule has 1 N–H and O–H groups in total. The zero-order valence-electron chi connectivity index (χ0n) is 6.47. The van der Waals surface area contributed by atoms with Crippen molar-refractivity contribution in [1.29, 1.82) is 0 Å². The highest BCUT2D eigenvalue weighted by Gasteiger charge is 2.38. The van der Waals surface area contributed by atoms with E-state index in [4.69, 9.17) is 4.74 Å². The first-order valence-electron chi connectivity index (χ1n) is 4.15. The lowest BCUT2D eigenvalue weighted by molar-refractivity contribution is 0.0227. The Labute approximate surface area is 61.9 Å². The number of fused-ring (bicyclic) bond motifs is 2. The second-order valence-corrected chi connectivity index (χ2v) is 3.46. The maximum Gasteiger partial charge on any atom is 0.0651 e. The van der Waals surface area contributed by atoms with Gasteiger partial charge in [-0.3, -0.25) is 0 Å². The maximum atomic E-state index is 5.44. The Kier molecular flexibility index (Phi) is 1.66. The third-order valence-electron chi connectivity index (χ3n) is 2.92. The van der Waals surface area contributed by atoms with Gasteiger partial charge in [0.15, 0.2) is 0 Å². The van der Waals surface area contributed by atoms with Gasteiger partial charge in [0, 0.05) is 20.2 Å². The molecule has 3 atom stereocenters. The Morgan fingerprint density at radius 2 is 1.80 bits per heavy atom. The molecule has 1 saturated carbocycles. The van der Waals surface area contributed by atoms with Crippen LogP contribution in [0.1, 0.15) is 12.8 Å². The average Bonchev–Trinajstić information content (AvgIpc) is 2.19. The molecule has 1 aliphatic heterocycles. The van der Waals surface area contributed by atoms with Gasteiger partial charge in [0.25, 0.3) is 0 Å². The topological polar surface area (TPSA) is 21.3 Å². The van der Waals surface area contributed by atoms with E-state index < -0.39 is 0 Å². The van der Waals surface area contributed by atoms with Crippen LogP contribution < -0.4 is 5.32 Å². The minimum Gasteiger partial charge on any atom is -0.381 e. The minimum absolute atomic E-state index is 0.571. The molecular formula is C8H15NO. The van der Waals surface area contributed by atoms with Crippen molar-refractivity contribution < 1.29 is 4.74 Å². The van der Waals surface area contributed by atoms with Gasteiger partial charge < -0.3 is 10.1 Å². The van der Waals surface area contributed by atoms with E-state index in [-0.39, 0.29) is 0 Å². The maximum absolute atomic E-state index is 5.44. The molecule has 2 nitrogen and oxygen atoms in total. The molecule has 1 unspecified atom stereocenters. The Balaban J connectivity index is 2.06. The van der Waals surface area contributed by atoms with Crippen molar-refractivity contribution in [2.24, 2.45) is 11.8 Å². The number of hydrogen-bond donors (Lipinski definition) is 1. The van der Waals surface area contributed by atoms with E-state index in [0.717, 1.165) is 11.8 Å². The summed E-state index contributed by atoms with van der Waals surface area (Å²) in [5.74, 6) is 1.62. The van der Waals surface area contributed by atoms with Crippen molar-refractivity contribution in [3.63, 3.8) is 0 Å². The van der Waals surface area contributed by atoms with Crippen molar-refractivity contribution in [1.82, 2.24) is 5.32 Å². The molecule has 0 aromatic rings. The van der Waals surface area contributed by atoms with Crippen molar-refractivity contribution in [3.05, 3.63) is 0 Å². The molecule has 0 radical (unpaired) electrons. The number of methoxy groups -OCH3 is 1. The van der Waals surface area contributed by atoms with Crippen LogP contribution in [0.4, 0.5) is 0 Å². The summed E-state index contributed by atoms with van der Waals surface area (Å²) in [6.07, 6.45) is 3.31. The highest BCUT2D eigenvalue weighted by atomic mass is 16.5. The normalized spacial score (nSPS) is 45.9. The second kappa shape index (κ2) is 2.51. The van der Waals surface area contributed by atoms with Crippen LogP contribution in [0.15, 0.2) is 0 Å². The highest BCUT2D eigenvalue weighted by molar-refractivity contribution is 4.91. The molecule has 1 aliphatic carbocycles. The van der Waals surface area contributed by atoms with Gasteiger partial charge in [0.05, 0.1) is 6.10 Å². The van der Waals surface area contributed by atoms with E-state index in [1.807, 2.05) is 7.11 Å². The van der Waals surface area contributed by atoms with Crippen LogP contribution in [0.3, 0.4) is 0 Å². The van der Waals surface area contributed by atoms with Gasteiger partial charge in [0.2, 0.25) is 0 Å². The predicted octanol–water partition coefficient (Wildman–Crippen LogP) is 0.631. The Hall–Kier alpha value is -0.0800. The summed E-state index contributed by atoms with van der Waals surface area (Å²) in [6.45, 7) is 2.35. The summed E-state index contributed by atoms with van der Waals surface area (Å²) in [5.41, 5.74) is 0. The van der Waals surface area contributed by atoms with Crippen molar-refractivity contribution in [2.45, 2.75) is 18.9 Å². The molecule has 10 heavy (non-hydrogen) atoms. The second-order valence-electron chi connectivity index (χ2n) is 3.46. The third kappa shape index (κ3) is 0.867. The summed E-state index contributed by atoms with van der Waals surface area (Å²) in [4.78, 5) is 0. The lowest BCUT2D eigenvalue weighted by atomic mass is 9.97. The minimum atomic E-state index is 0.571. The average molecular weight is 141 g/mol. The Morgan fingerprint density at radius 3 is 2.20 bits per heavy atom.